The van der Waals surface area contributed by atoms with Gasteiger partial charge in [0.1, 0.15) is 15.9 Å². The van der Waals surface area contributed by atoms with Crippen molar-refractivity contribution in [2.45, 2.75) is 26.2 Å². The van der Waals surface area contributed by atoms with Crippen LogP contribution in [0.15, 0.2) is 0 Å². The van der Waals surface area contributed by atoms with E-state index in [2.05, 4.69) is 5.23 Å². The Labute approximate surface area is 80.3 Å². The molecule has 0 aromatic rings. The maximum Gasteiger partial charge on any atom is 0.254 e. The van der Waals surface area contributed by atoms with Crippen LogP contribution in [0, 0.1) is 0 Å². The lowest BCUT2D eigenvalue weighted by Gasteiger charge is -2.45. The van der Waals surface area contributed by atoms with Gasteiger partial charge in [-0.2, -0.15) is 0 Å². The fourth-order valence-electron chi connectivity index (χ4n) is 1.78. The second kappa shape index (κ2) is 2.71. The topological polar surface area (TPSA) is 72.2 Å². The van der Waals surface area contributed by atoms with E-state index in [0.29, 0.717) is 0 Å². The van der Waals surface area contributed by atoms with Crippen LogP contribution in [0.2, 0.25) is 26.2 Å². The van der Waals surface area contributed by atoms with Gasteiger partial charge in [-0.3, -0.25) is 9.59 Å². The number of amides is 2. The second-order valence-electron chi connectivity index (χ2n) is 4.71. The third-order valence-electron chi connectivity index (χ3n) is 2.94. The summed E-state index contributed by atoms with van der Waals surface area (Å²) in [6.07, 6.45) is 0. The quantitative estimate of drug-likeness (QED) is 0.657. The van der Waals surface area contributed by atoms with E-state index in [1.54, 1.807) is 0 Å². The van der Waals surface area contributed by atoms with Gasteiger partial charge in [0.15, 0.2) is 11.1 Å². The van der Waals surface area contributed by atoms with Crippen molar-refractivity contribution in [1.29, 1.82) is 0 Å². The van der Waals surface area contributed by atoms with E-state index in [9.17, 15) is 9.59 Å². The number of carbonyl (C=O) groups excluding carboxylic acids is 2. The van der Waals surface area contributed by atoms with Gasteiger partial charge in [-0.15, -0.1) is 0 Å². The van der Waals surface area contributed by atoms with Gasteiger partial charge in [-0.25, -0.2) is 0 Å². The summed E-state index contributed by atoms with van der Waals surface area (Å²) in [6.45, 7) is 7.84. The lowest BCUT2D eigenvalue weighted by atomic mass is 10.3. The predicted molar refractivity (Wildman–Crippen MR) is 58.8 cm³/mol. The van der Waals surface area contributed by atoms with Crippen molar-refractivity contribution in [2.24, 2.45) is 5.73 Å². The van der Waals surface area contributed by atoms with E-state index in [-0.39, 0.29) is 17.1 Å². The first kappa shape index (κ1) is 10.5. The van der Waals surface area contributed by atoms with Crippen LogP contribution >= 0.6 is 0 Å². The SMILES string of the molecule is C[Si](C)(B1NC(=O)[Si]1(C)C)C(N)=O. The minimum absolute atomic E-state index is 0.116. The minimum atomic E-state index is -2.11. The fraction of sp³-hybridized carbons (Fsp3) is 0.667. The van der Waals surface area contributed by atoms with Crippen molar-refractivity contribution in [3.63, 3.8) is 0 Å². The van der Waals surface area contributed by atoms with Crippen LogP contribution in [0.25, 0.3) is 0 Å². The molecule has 3 N–H and O–H groups in total. The summed E-state index contributed by atoms with van der Waals surface area (Å²) < 4.78 is 0. The first-order valence-corrected chi connectivity index (χ1v) is 10.5. The molecule has 0 spiro atoms. The summed E-state index contributed by atoms with van der Waals surface area (Å²) in [7, 11) is -3.98. The summed E-state index contributed by atoms with van der Waals surface area (Å²) in [5, 5.41) is 2.84. The molecule has 0 bridgehead atoms. The molecule has 4 nitrogen and oxygen atoms in total. The average molecular weight is 214 g/mol. The normalized spacial score (nSPS) is 20.6. The zero-order valence-electron chi connectivity index (χ0n) is 8.47. The summed E-state index contributed by atoms with van der Waals surface area (Å²) in [5.41, 5.74) is 5.28. The molecule has 0 aromatic carbocycles. The van der Waals surface area contributed by atoms with Gasteiger partial charge in [0.2, 0.25) is 0 Å². The molecule has 1 heterocycles. The number of rotatable bonds is 2. The first-order chi connectivity index (χ1) is 5.70. The van der Waals surface area contributed by atoms with Crippen molar-refractivity contribution in [2.75, 3.05) is 0 Å². The molecule has 1 fully saturated rings. The van der Waals surface area contributed by atoms with Gasteiger partial charge < -0.3 is 11.0 Å². The number of nitrogens with two attached hydrogens (primary N) is 1. The Balaban J connectivity index is 2.88. The minimum Gasteiger partial charge on any atom is -0.408 e. The molecule has 13 heavy (non-hydrogen) atoms. The Hall–Kier alpha value is -0.561. The zero-order chi connectivity index (χ0) is 10.4. The standard InChI is InChI=1S/C6H15BN2O2Si2/c1-12(2,5(8)10)7-9-6(11)13(7,3)4/h1-4H3,(H2,8,10)(H,9,11). The molecular formula is C6H15BN2O2Si2. The van der Waals surface area contributed by atoms with Gasteiger partial charge in [-0.1, -0.05) is 26.2 Å². The molecule has 2 amide bonds. The second-order valence-corrected chi connectivity index (χ2v) is 14.3. The molecule has 0 radical (unpaired) electrons. The summed E-state index contributed by atoms with van der Waals surface area (Å²) >= 11 is 0. The van der Waals surface area contributed by atoms with E-state index in [4.69, 9.17) is 5.73 Å². The number of hydrogen-bond acceptors (Lipinski definition) is 2. The molecule has 7 heteroatoms. The molecule has 1 aliphatic rings. The number of hydrogen-bond donors (Lipinski definition) is 2. The molecule has 0 atom stereocenters. The Morgan fingerprint density at radius 1 is 1.54 bits per heavy atom. The highest BCUT2D eigenvalue weighted by Crippen LogP contribution is 2.23. The van der Waals surface area contributed by atoms with Crippen LogP contribution < -0.4 is 11.0 Å². The zero-order valence-corrected chi connectivity index (χ0v) is 10.5. The van der Waals surface area contributed by atoms with E-state index in [1.165, 1.54) is 0 Å². The van der Waals surface area contributed by atoms with E-state index >= 15 is 0 Å². The Kier molecular flexibility index (Phi) is 2.19. The lowest BCUT2D eigenvalue weighted by Crippen LogP contribution is -2.86. The highest BCUT2D eigenvalue weighted by atomic mass is 28.4. The van der Waals surface area contributed by atoms with Crippen LogP contribution in [0.4, 0.5) is 9.59 Å². The average Bonchev–Trinajstić information content (AvgIpc) is 1.99. The highest BCUT2D eigenvalue weighted by Gasteiger charge is 2.62. The highest BCUT2D eigenvalue weighted by molar-refractivity contribution is 7.75. The third kappa shape index (κ3) is 1.35. The van der Waals surface area contributed by atoms with Gasteiger partial charge in [0.05, 0.1) is 0 Å². The van der Waals surface area contributed by atoms with Crippen molar-refractivity contribution < 1.29 is 9.59 Å². The van der Waals surface area contributed by atoms with Crippen LogP contribution in [-0.2, 0) is 0 Å². The Bertz CT molecular complexity index is 280. The maximum atomic E-state index is 11.3. The van der Waals surface area contributed by atoms with Crippen molar-refractivity contribution in [3.05, 3.63) is 0 Å². The molecule has 1 aliphatic heterocycles. The molecule has 1 saturated heterocycles. The van der Waals surface area contributed by atoms with Gasteiger partial charge >= 0.3 is 0 Å². The van der Waals surface area contributed by atoms with Crippen molar-refractivity contribution in [1.82, 2.24) is 5.23 Å². The molecule has 0 aromatic heterocycles. The Morgan fingerprint density at radius 3 is 2.23 bits per heavy atom. The molecule has 1 rings (SSSR count). The lowest BCUT2D eigenvalue weighted by molar-refractivity contribution is 0.261. The van der Waals surface area contributed by atoms with Crippen LogP contribution in [-0.4, -0.2) is 33.0 Å². The summed E-state index contributed by atoms with van der Waals surface area (Å²) in [4.78, 5) is 22.5. The molecule has 0 saturated carbocycles. The number of carbonyl (C=O) groups is 2. The molecule has 0 aliphatic carbocycles. The molecular weight excluding hydrogens is 199 g/mol. The smallest absolute Gasteiger partial charge is 0.254 e. The molecule has 72 valence electrons. The van der Waals surface area contributed by atoms with Crippen molar-refractivity contribution in [3.8, 4) is 0 Å². The largest absolute Gasteiger partial charge is 0.408 e. The first-order valence-electron chi connectivity index (χ1n) is 4.31. The van der Waals surface area contributed by atoms with E-state index in [1.807, 2.05) is 26.2 Å². The third-order valence-corrected chi connectivity index (χ3v) is 13.0. The summed E-state index contributed by atoms with van der Waals surface area (Å²) in [6, 6.07) is 0.116. The van der Waals surface area contributed by atoms with Crippen LogP contribution in [0.3, 0.4) is 0 Å². The van der Waals surface area contributed by atoms with Crippen LogP contribution in [0.5, 0.6) is 0 Å². The maximum absolute atomic E-state index is 11.3. The monoisotopic (exact) mass is 214 g/mol. The van der Waals surface area contributed by atoms with Crippen molar-refractivity contribution >= 4 is 33.0 Å². The van der Waals surface area contributed by atoms with E-state index < -0.39 is 15.9 Å². The number of nitrogens with one attached hydrogen (secondary N) is 1. The van der Waals surface area contributed by atoms with Gasteiger partial charge in [0.25, 0.3) is 6.03 Å². The van der Waals surface area contributed by atoms with E-state index in [0.717, 1.165) is 0 Å². The van der Waals surface area contributed by atoms with Crippen LogP contribution in [0.1, 0.15) is 0 Å². The number of primary amides is 1. The fourth-order valence-corrected chi connectivity index (χ4v) is 11.8. The predicted octanol–water partition coefficient (Wildman–Crippen LogP) is 0.517. The Morgan fingerprint density at radius 2 is 2.00 bits per heavy atom. The summed E-state index contributed by atoms with van der Waals surface area (Å²) in [5.74, 6) is 0. The van der Waals surface area contributed by atoms with Gasteiger partial charge in [0, 0.05) is 0 Å². The molecule has 0 unspecified atom stereocenters. The van der Waals surface area contributed by atoms with Gasteiger partial charge in [-0.05, 0) is 0 Å².